The van der Waals surface area contributed by atoms with Crippen LogP contribution in [0.3, 0.4) is 0 Å². The summed E-state index contributed by atoms with van der Waals surface area (Å²) in [6, 6.07) is 19.2. The Balaban J connectivity index is 2.50. The molecule has 0 heterocycles. The molecule has 0 saturated heterocycles. The molecule has 2 amide bonds. The molecule has 0 aliphatic heterocycles. The van der Waals surface area contributed by atoms with Gasteiger partial charge in [-0.25, -0.2) is 9.86 Å². The third kappa shape index (κ3) is 6.68. The summed E-state index contributed by atoms with van der Waals surface area (Å²) >= 11 is 0. The van der Waals surface area contributed by atoms with Gasteiger partial charge in [-0.15, -0.1) is 0 Å². The molecule has 0 radical (unpaired) electrons. The zero-order chi connectivity index (χ0) is 25.6. The van der Waals surface area contributed by atoms with Crippen molar-refractivity contribution in [1.29, 1.82) is 0 Å². The van der Waals surface area contributed by atoms with Gasteiger partial charge in [-0.2, -0.15) is 0 Å². The first-order valence-electron chi connectivity index (χ1n) is 11.4. The molecule has 7 nitrogen and oxygen atoms in total. The van der Waals surface area contributed by atoms with Gasteiger partial charge in [0.1, 0.15) is 11.6 Å². The molecule has 186 valence electrons. The van der Waals surface area contributed by atoms with Crippen molar-refractivity contribution in [3.05, 3.63) is 60.7 Å². The number of likely N-dealkylation sites (N-methyl/N-ethyl adjacent to an activating group) is 1. The van der Waals surface area contributed by atoms with E-state index >= 15 is 0 Å². The minimum absolute atomic E-state index is 0.0426. The third-order valence-electron chi connectivity index (χ3n) is 5.46. The minimum atomic E-state index is -2.90. The first kappa shape index (κ1) is 27.6. The zero-order valence-electron chi connectivity index (χ0n) is 21.5. The van der Waals surface area contributed by atoms with E-state index in [0.717, 1.165) is 15.4 Å². The van der Waals surface area contributed by atoms with Gasteiger partial charge < -0.3 is 14.5 Å². The third-order valence-corrected chi connectivity index (χ3v) is 10.5. The van der Waals surface area contributed by atoms with Crippen LogP contribution >= 0.6 is 0 Å². The van der Waals surface area contributed by atoms with Crippen LogP contribution in [0.4, 0.5) is 4.79 Å². The molecule has 2 aromatic carbocycles. The van der Waals surface area contributed by atoms with Crippen molar-refractivity contribution in [2.45, 2.75) is 58.2 Å². The average Bonchev–Trinajstić information content (AvgIpc) is 2.77. The highest BCUT2D eigenvalue weighted by molar-refractivity contribution is 6.99. The Morgan fingerprint density at radius 3 is 1.76 bits per heavy atom. The van der Waals surface area contributed by atoms with Gasteiger partial charge in [0.25, 0.3) is 14.2 Å². The lowest BCUT2D eigenvalue weighted by molar-refractivity contribution is -0.171. The standard InChI is InChI=1S/C26H38N2O5Si/c1-25(2,3)33-24(30)27-22(23(29)28(7)31-8)19-32-34(26(4,5)6,20-15-11-9-12-16-20)21-17-13-10-14-18-21/h9-18,22H,19H2,1-8H3,(H,27,30)/t22-/m1/s1. The van der Waals surface area contributed by atoms with E-state index in [9.17, 15) is 9.59 Å². The quantitative estimate of drug-likeness (QED) is 0.457. The van der Waals surface area contributed by atoms with E-state index in [0.29, 0.717) is 0 Å². The van der Waals surface area contributed by atoms with E-state index in [1.54, 1.807) is 20.8 Å². The first-order valence-corrected chi connectivity index (χ1v) is 13.3. The molecule has 0 aliphatic carbocycles. The van der Waals surface area contributed by atoms with E-state index in [4.69, 9.17) is 14.0 Å². The Morgan fingerprint density at radius 2 is 1.38 bits per heavy atom. The lowest BCUT2D eigenvalue weighted by atomic mass is 10.2. The second-order valence-electron chi connectivity index (χ2n) is 10.2. The molecular formula is C26H38N2O5Si. The molecule has 0 spiro atoms. The van der Waals surface area contributed by atoms with Gasteiger partial charge in [0.05, 0.1) is 13.7 Å². The van der Waals surface area contributed by atoms with Crippen LogP contribution in [-0.2, 0) is 18.8 Å². The lowest BCUT2D eigenvalue weighted by Crippen LogP contribution is -2.68. The summed E-state index contributed by atoms with van der Waals surface area (Å²) in [6.45, 7) is 11.7. The fourth-order valence-corrected chi connectivity index (χ4v) is 8.48. The Kier molecular flexibility index (Phi) is 9.05. The van der Waals surface area contributed by atoms with Gasteiger partial charge >= 0.3 is 6.09 Å². The topological polar surface area (TPSA) is 77.1 Å². The molecule has 0 saturated carbocycles. The Labute approximate surface area is 204 Å². The Hall–Kier alpha value is -2.68. The van der Waals surface area contributed by atoms with Crippen LogP contribution in [-0.4, -0.2) is 57.8 Å². The van der Waals surface area contributed by atoms with Gasteiger partial charge in [-0.1, -0.05) is 81.4 Å². The summed E-state index contributed by atoms with van der Waals surface area (Å²) in [4.78, 5) is 30.7. The average molecular weight is 487 g/mol. The number of alkyl carbamates (subject to hydrolysis) is 1. The molecule has 0 unspecified atom stereocenters. The van der Waals surface area contributed by atoms with Crippen molar-refractivity contribution in [2.75, 3.05) is 20.8 Å². The van der Waals surface area contributed by atoms with Crippen molar-refractivity contribution < 1.29 is 23.6 Å². The molecule has 0 fully saturated rings. The number of hydrogen-bond acceptors (Lipinski definition) is 5. The number of nitrogens with one attached hydrogen (secondary N) is 1. The molecule has 0 aromatic heterocycles. The van der Waals surface area contributed by atoms with Gasteiger partial charge in [-0.05, 0) is 36.2 Å². The molecule has 2 rings (SSSR count). The highest BCUT2D eigenvalue weighted by Gasteiger charge is 2.50. The molecule has 1 atom stereocenters. The van der Waals surface area contributed by atoms with Crippen LogP contribution in [0.1, 0.15) is 41.5 Å². The maximum atomic E-state index is 13.1. The van der Waals surface area contributed by atoms with Crippen molar-refractivity contribution in [3.63, 3.8) is 0 Å². The van der Waals surface area contributed by atoms with Gasteiger partial charge in [0, 0.05) is 7.05 Å². The van der Waals surface area contributed by atoms with Crippen LogP contribution in [0.15, 0.2) is 60.7 Å². The highest BCUT2D eigenvalue weighted by Crippen LogP contribution is 2.36. The molecule has 0 aliphatic rings. The minimum Gasteiger partial charge on any atom is -0.444 e. The van der Waals surface area contributed by atoms with E-state index in [-0.39, 0.29) is 11.6 Å². The maximum absolute atomic E-state index is 13.1. The number of carbonyl (C=O) groups excluding carboxylic acids is 2. The second kappa shape index (κ2) is 11.2. The van der Waals surface area contributed by atoms with Gasteiger partial charge in [0.15, 0.2) is 0 Å². The number of benzene rings is 2. The number of nitrogens with zero attached hydrogens (tertiary/aromatic N) is 1. The Bertz CT molecular complexity index is 900. The van der Waals surface area contributed by atoms with E-state index < -0.39 is 32.0 Å². The monoisotopic (exact) mass is 486 g/mol. The van der Waals surface area contributed by atoms with E-state index in [2.05, 4.69) is 50.4 Å². The van der Waals surface area contributed by atoms with Crippen LogP contribution in [0.25, 0.3) is 0 Å². The first-order chi connectivity index (χ1) is 15.8. The number of rotatable bonds is 8. The number of hydrogen-bond donors (Lipinski definition) is 1. The largest absolute Gasteiger partial charge is 0.444 e. The van der Waals surface area contributed by atoms with Crippen LogP contribution in [0.2, 0.25) is 5.04 Å². The van der Waals surface area contributed by atoms with Gasteiger partial charge in [0.2, 0.25) is 0 Å². The maximum Gasteiger partial charge on any atom is 0.408 e. The fourth-order valence-electron chi connectivity index (χ4n) is 3.90. The smallest absolute Gasteiger partial charge is 0.408 e. The number of ether oxygens (including phenoxy) is 1. The van der Waals surface area contributed by atoms with Crippen LogP contribution in [0, 0.1) is 0 Å². The van der Waals surface area contributed by atoms with Crippen molar-refractivity contribution in [1.82, 2.24) is 10.4 Å². The summed E-state index contributed by atoms with van der Waals surface area (Å²) in [6.07, 6.45) is -0.693. The van der Waals surface area contributed by atoms with Crippen LogP contribution in [0.5, 0.6) is 0 Å². The second-order valence-corrected chi connectivity index (χ2v) is 14.5. The predicted octanol–water partition coefficient (Wildman–Crippen LogP) is 3.48. The molecule has 0 bridgehead atoms. The molecular weight excluding hydrogens is 448 g/mol. The fraction of sp³-hybridized carbons (Fsp3) is 0.462. The summed E-state index contributed by atoms with van der Waals surface area (Å²) < 4.78 is 12.2. The Morgan fingerprint density at radius 1 is 0.912 bits per heavy atom. The molecule has 1 N–H and O–H groups in total. The number of hydroxylamine groups is 2. The lowest BCUT2D eigenvalue weighted by Gasteiger charge is -2.43. The van der Waals surface area contributed by atoms with Crippen molar-refractivity contribution in [3.8, 4) is 0 Å². The molecule has 34 heavy (non-hydrogen) atoms. The summed E-state index contributed by atoms with van der Waals surface area (Å²) in [7, 11) is -0.0152. The summed E-state index contributed by atoms with van der Waals surface area (Å²) in [5.41, 5.74) is -0.705. The van der Waals surface area contributed by atoms with E-state index in [1.165, 1.54) is 14.2 Å². The summed E-state index contributed by atoms with van der Waals surface area (Å²) in [5, 5.41) is 5.65. The number of amides is 2. The van der Waals surface area contributed by atoms with Crippen LogP contribution < -0.4 is 15.7 Å². The molecule has 8 heteroatoms. The van der Waals surface area contributed by atoms with Crippen molar-refractivity contribution >= 4 is 30.7 Å². The SMILES string of the molecule is CON(C)C(=O)[C@@H](CO[Si](c1ccccc1)(c1ccccc1)C(C)(C)C)NC(=O)OC(C)(C)C. The number of carbonyl (C=O) groups is 2. The zero-order valence-corrected chi connectivity index (χ0v) is 22.5. The van der Waals surface area contributed by atoms with E-state index in [1.807, 2.05) is 36.4 Å². The normalized spacial score (nSPS) is 13.2. The predicted molar refractivity (Wildman–Crippen MR) is 137 cm³/mol. The molecule has 2 aromatic rings. The summed E-state index contributed by atoms with van der Waals surface area (Å²) in [5.74, 6) is -0.439. The highest BCUT2D eigenvalue weighted by atomic mass is 28.4. The van der Waals surface area contributed by atoms with Gasteiger partial charge in [-0.3, -0.25) is 9.63 Å². The van der Waals surface area contributed by atoms with Crippen molar-refractivity contribution in [2.24, 2.45) is 0 Å².